The highest BCUT2D eigenvalue weighted by atomic mass is 16.5. The number of hydrogen-bond acceptors (Lipinski definition) is 5. The number of hydrogen-bond donors (Lipinski definition) is 1. The minimum Gasteiger partial charge on any atom is -0.496 e. The Morgan fingerprint density at radius 3 is 2.73 bits per heavy atom. The van der Waals surface area contributed by atoms with Crippen LogP contribution in [0.15, 0.2) is 48.7 Å². The minimum atomic E-state index is -0.549. The Labute approximate surface area is 174 Å². The lowest BCUT2D eigenvalue weighted by Gasteiger charge is -2.07. The van der Waals surface area contributed by atoms with Crippen molar-refractivity contribution < 1.29 is 14.3 Å². The van der Waals surface area contributed by atoms with Crippen molar-refractivity contribution in [1.82, 2.24) is 19.6 Å². The maximum absolute atomic E-state index is 12.3. The summed E-state index contributed by atoms with van der Waals surface area (Å²) < 4.78 is 14.2. The number of aromatic nitrogens is 4. The summed E-state index contributed by atoms with van der Waals surface area (Å²) in [5.74, 6) is 1.26. The van der Waals surface area contributed by atoms with E-state index >= 15 is 0 Å². The van der Waals surface area contributed by atoms with Crippen LogP contribution in [0.1, 0.15) is 11.1 Å². The lowest BCUT2D eigenvalue weighted by atomic mass is 10.1. The third kappa shape index (κ3) is 3.84. The van der Waals surface area contributed by atoms with Crippen LogP contribution < -0.4 is 10.1 Å². The summed E-state index contributed by atoms with van der Waals surface area (Å²) in [6, 6.07) is 13.5. The molecule has 0 aliphatic heterocycles. The minimum absolute atomic E-state index is 0.160. The molecule has 4 aromatic rings. The van der Waals surface area contributed by atoms with Crippen molar-refractivity contribution in [3.8, 4) is 17.0 Å². The van der Waals surface area contributed by atoms with Gasteiger partial charge in [-0.1, -0.05) is 12.1 Å². The first-order valence-corrected chi connectivity index (χ1v) is 9.48. The molecule has 0 unspecified atom stereocenters. The number of nitrogens with one attached hydrogen (secondary N) is 1. The second kappa shape index (κ2) is 7.90. The van der Waals surface area contributed by atoms with Gasteiger partial charge in [-0.2, -0.15) is 10.2 Å². The average Bonchev–Trinajstić information content (AvgIpc) is 3.28. The summed E-state index contributed by atoms with van der Waals surface area (Å²) >= 11 is 0. The number of carbonyl (C=O) groups excluding carboxylic acids is 1. The van der Waals surface area contributed by atoms with Crippen molar-refractivity contribution in [3.05, 3.63) is 59.8 Å². The van der Waals surface area contributed by atoms with Gasteiger partial charge in [0.25, 0.3) is 0 Å². The largest absolute Gasteiger partial charge is 0.496 e. The molecule has 0 aliphatic rings. The van der Waals surface area contributed by atoms with Crippen LogP contribution in [0.3, 0.4) is 0 Å². The van der Waals surface area contributed by atoms with Crippen LogP contribution in [-0.4, -0.2) is 32.8 Å². The molecule has 1 N–H and O–H groups in total. The van der Waals surface area contributed by atoms with Crippen LogP contribution in [0.2, 0.25) is 0 Å². The zero-order chi connectivity index (χ0) is 21.3. The first kappa shape index (κ1) is 19.5. The van der Waals surface area contributed by atoms with Crippen LogP contribution in [0.4, 0.5) is 10.6 Å². The second-order valence-electron chi connectivity index (χ2n) is 7.10. The number of nitrogens with zero attached hydrogens (tertiary/aromatic N) is 4. The lowest BCUT2D eigenvalue weighted by Crippen LogP contribution is -2.15. The molecule has 154 valence electrons. The molecule has 0 aliphatic carbocycles. The smallest absolute Gasteiger partial charge is 0.413 e. The monoisotopic (exact) mass is 405 g/mol. The van der Waals surface area contributed by atoms with Crippen LogP contribution in [0, 0.1) is 6.92 Å². The van der Waals surface area contributed by atoms with E-state index in [2.05, 4.69) is 15.5 Å². The molecule has 0 radical (unpaired) electrons. The molecular formula is C22H23N5O3. The Hall–Kier alpha value is -3.81. The Bertz CT molecular complexity index is 1220. The highest BCUT2D eigenvalue weighted by Crippen LogP contribution is 2.31. The van der Waals surface area contributed by atoms with E-state index < -0.39 is 6.09 Å². The normalized spacial score (nSPS) is 10.9. The van der Waals surface area contributed by atoms with Crippen LogP contribution >= 0.6 is 0 Å². The topological polar surface area (TPSA) is 83.2 Å². The molecule has 0 spiro atoms. The van der Waals surface area contributed by atoms with Crippen molar-refractivity contribution >= 4 is 22.8 Å². The molecule has 0 fully saturated rings. The molecule has 0 bridgehead atoms. The van der Waals surface area contributed by atoms with E-state index in [0.717, 1.165) is 33.3 Å². The van der Waals surface area contributed by atoms with E-state index in [1.165, 1.54) is 0 Å². The number of fused-ring (bicyclic) bond motifs is 1. The van der Waals surface area contributed by atoms with Gasteiger partial charge in [0.05, 0.1) is 24.5 Å². The maximum atomic E-state index is 12.3. The fourth-order valence-electron chi connectivity index (χ4n) is 3.32. The lowest BCUT2D eigenvalue weighted by molar-refractivity contribution is 0.155. The molecule has 30 heavy (non-hydrogen) atoms. The van der Waals surface area contributed by atoms with E-state index in [-0.39, 0.29) is 6.61 Å². The summed E-state index contributed by atoms with van der Waals surface area (Å²) in [5, 5.41) is 12.4. The predicted molar refractivity (Wildman–Crippen MR) is 114 cm³/mol. The van der Waals surface area contributed by atoms with E-state index in [0.29, 0.717) is 11.5 Å². The Kier molecular flexibility index (Phi) is 5.14. The highest BCUT2D eigenvalue weighted by Gasteiger charge is 2.14. The number of amides is 1. The molecule has 2 aromatic heterocycles. The molecular weight excluding hydrogens is 382 g/mol. The number of aryl methyl sites for hydroxylation is 3. The number of rotatable bonds is 5. The summed E-state index contributed by atoms with van der Waals surface area (Å²) in [5.41, 5.74) is 4.56. The predicted octanol–water partition coefficient (Wildman–Crippen LogP) is 4.04. The average molecular weight is 405 g/mol. The van der Waals surface area contributed by atoms with Crippen molar-refractivity contribution in [3.63, 3.8) is 0 Å². The SMILES string of the molecule is COc1cc(C)ccc1-c1cc(NC(=O)OCc2ccc3c(cnn3C)c2)n(C)n1. The molecule has 8 nitrogen and oxygen atoms in total. The Balaban J connectivity index is 1.44. The Morgan fingerprint density at radius 2 is 1.93 bits per heavy atom. The summed E-state index contributed by atoms with van der Waals surface area (Å²) in [6.45, 7) is 2.16. The van der Waals surface area contributed by atoms with Gasteiger partial charge in [0.15, 0.2) is 0 Å². The van der Waals surface area contributed by atoms with E-state index in [9.17, 15) is 4.79 Å². The van der Waals surface area contributed by atoms with Crippen LogP contribution in [-0.2, 0) is 25.4 Å². The maximum Gasteiger partial charge on any atom is 0.413 e. The number of methoxy groups -OCH3 is 1. The summed E-state index contributed by atoms with van der Waals surface area (Å²) in [6.07, 6.45) is 1.24. The van der Waals surface area contributed by atoms with Crippen molar-refractivity contribution in [2.24, 2.45) is 14.1 Å². The fraction of sp³-hybridized carbons (Fsp3) is 0.227. The van der Waals surface area contributed by atoms with Gasteiger partial charge in [-0.15, -0.1) is 0 Å². The standard InChI is InChI=1S/C22H23N5O3/c1-14-5-7-17(20(9-14)29-4)18-11-21(27(3)25-18)24-22(28)30-13-15-6-8-19-16(10-15)12-23-26(19)2/h5-12H,13H2,1-4H3,(H,24,28). The first-order valence-electron chi connectivity index (χ1n) is 9.48. The van der Waals surface area contributed by atoms with Crippen LogP contribution in [0.5, 0.6) is 5.75 Å². The molecule has 2 aromatic carbocycles. The molecule has 2 heterocycles. The summed E-state index contributed by atoms with van der Waals surface area (Å²) in [7, 11) is 5.27. The number of benzene rings is 2. The number of carbonyl (C=O) groups is 1. The van der Waals surface area contributed by atoms with E-state index in [1.54, 1.807) is 35.8 Å². The first-order chi connectivity index (χ1) is 14.4. The van der Waals surface area contributed by atoms with Crippen molar-refractivity contribution in [2.75, 3.05) is 12.4 Å². The van der Waals surface area contributed by atoms with Gasteiger partial charge in [0.2, 0.25) is 0 Å². The molecule has 0 saturated carbocycles. The van der Waals surface area contributed by atoms with Gasteiger partial charge in [0.1, 0.15) is 18.2 Å². The second-order valence-corrected chi connectivity index (χ2v) is 7.10. The van der Waals surface area contributed by atoms with Gasteiger partial charge >= 0.3 is 6.09 Å². The molecule has 4 rings (SSSR count). The molecule has 0 atom stereocenters. The van der Waals surface area contributed by atoms with Gasteiger partial charge < -0.3 is 9.47 Å². The molecule has 1 amide bonds. The highest BCUT2D eigenvalue weighted by molar-refractivity contribution is 5.85. The zero-order valence-electron chi connectivity index (χ0n) is 17.3. The van der Waals surface area contributed by atoms with Gasteiger partial charge in [0, 0.05) is 31.1 Å². The zero-order valence-corrected chi connectivity index (χ0v) is 17.3. The summed E-state index contributed by atoms with van der Waals surface area (Å²) in [4.78, 5) is 12.3. The number of ether oxygens (including phenoxy) is 2. The van der Waals surface area contributed by atoms with Crippen molar-refractivity contribution in [2.45, 2.75) is 13.5 Å². The molecule has 0 saturated heterocycles. The third-order valence-corrected chi connectivity index (χ3v) is 4.92. The Morgan fingerprint density at radius 1 is 1.10 bits per heavy atom. The van der Waals surface area contributed by atoms with E-state index in [4.69, 9.17) is 9.47 Å². The van der Waals surface area contributed by atoms with E-state index in [1.807, 2.05) is 50.4 Å². The molecule has 8 heteroatoms. The quantitative estimate of drug-likeness (QED) is 0.542. The third-order valence-electron chi connectivity index (χ3n) is 4.92. The van der Waals surface area contributed by atoms with Crippen molar-refractivity contribution in [1.29, 1.82) is 0 Å². The van der Waals surface area contributed by atoms with Gasteiger partial charge in [-0.25, -0.2) is 4.79 Å². The number of anilines is 1. The van der Waals surface area contributed by atoms with Gasteiger partial charge in [-0.05, 0) is 42.3 Å². The fourth-order valence-corrected chi connectivity index (χ4v) is 3.32. The van der Waals surface area contributed by atoms with Crippen LogP contribution in [0.25, 0.3) is 22.2 Å². The van der Waals surface area contributed by atoms with Gasteiger partial charge in [-0.3, -0.25) is 14.7 Å².